The first-order valence-electron chi connectivity index (χ1n) is 10.2. The van der Waals surface area contributed by atoms with Crippen molar-refractivity contribution in [3.8, 4) is 5.75 Å². The lowest BCUT2D eigenvalue weighted by Crippen LogP contribution is -2.38. The highest BCUT2D eigenvalue weighted by Gasteiger charge is 2.16. The molecule has 1 aliphatic rings. The molecule has 30 heavy (non-hydrogen) atoms. The Bertz CT molecular complexity index is 825. The van der Waals surface area contributed by atoms with Crippen LogP contribution in [0.5, 0.6) is 5.75 Å². The van der Waals surface area contributed by atoms with Crippen LogP contribution in [-0.2, 0) is 17.9 Å². The zero-order valence-electron chi connectivity index (χ0n) is 17.2. The van der Waals surface area contributed by atoms with Crippen LogP contribution in [0.2, 0.25) is 0 Å². The van der Waals surface area contributed by atoms with E-state index in [2.05, 4.69) is 27.2 Å². The van der Waals surface area contributed by atoms with Crippen LogP contribution in [0, 0.1) is 0 Å². The fourth-order valence-electron chi connectivity index (χ4n) is 3.34. The lowest BCUT2D eigenvalue weighted by atomic mass is 10.2. The molecule has 0 aliphatic heterocycles. The molecule has 1 heterocycles. The number of carbonyl (C=O) groups excluding carboxylic acids is 2. The Balaban J connectivity index is 1.47. The van der Waals surface area contributed by atoms with Gasteiger partial charge >= 0.3 is 6.03 Å². The van der Waals surface area contributed by atoms with E-state index in [1.54, 1.807) is 25.2 Å². The van der Waals surface area contributed by atoms with Crippen LogP contribution in [0.4, 0.5) is 4.79 Å². The summed E-state index contributed by atoms with van der Waals surface area (Å²) in [5.41, 5.74) is 1.76. The molecule has 8 heteroatoms. The van der Waals surface area contributed by atoms with Gasteiger partial charge in [-0.3, -0.25) is 9.71 Å². The summed E-state index contributed by atoms with van der Waals surface area (Å²) in [5, 5.41) is 2.53. The van der Waals surface area contributed by atoms with Gasteiger partial charge in [-0.15, -0.1) is 0 Å². The van der Waals surface area contributed by atoms with Crippen LogP contribution < -0.4 is 14.8 Å². The molecule has 1 fully saturated rings. The smallest absolute Gasteiger partial charge is 0.317 e. The highest BCUT2D eigenvalue weighted by atomic mass is 32.2. The van der Waals surface area contributed by atoms with Gasteiger partial charge in [-0.05, 0) is 67.5 Å². The molecule has 1 aliphatic carbocycles. The van der Waals surface area contributed by atoms with E-state index < -0.39 is 0 Å². The average molecular weight is 429 g/mol. The van der Waals surface area contributed by atoms with Crippen LogP contribution in [0.1, 0.15) is 36.9 Å². The van der Waals surface area contributed by atoms with Gasteiger partial charge in [-0.2, -0.15) is 0 Å². The minimum Gasteiger partial charge on any atom is -0.490 e. The van der Waals surface area contributed by atoms with E-state index in [0.29, 0.717) is 25.5 Å². The van der Waals surface area contributed by atoms with E-state index in [0.717, 1.165) is 34.7 Å². The molecule has 2 N–H and O–H groups in total. The minimum atomic E-state index is -0.289. The first-order valence-corrected chi connectivity index (χ1v) is 11.0. The number of nitrogens with one attached hydrogen (secondary N) is 2. The Morgan fingerprint density at radius 3 is 2.83 bits per heavy atom. The van der Waals surface area contributed by atoms with Crippen LogP contribution >= 0.6 is 11.9 Å². The lowest BCUT2D eigenvalue weighted by Gasteiger charge is -2.19. The summed E-state index contributed by atoms with van der Waals surface area (Å²) in [7, 11) is 1.54. The second-order valence-corrected chi connectivity index (χ2v) is 8.15. The maximum Gasteiger partial charge on any atom is 0.317 e. The average Bonchev–Trinajstić information content (AvgIpc) is 3.27. The van der Waals surface area contributed by atoms with Gasteiger partial charge in [-0.25, -0.2) is 4.79 Å². The number of carbonyl (C=O) groups is 2. The van der Waals surface area contributed by atoms with Crippen molar-refractivity contribution >= 4 is 24.3 Å². The summed E-state index contributed by atoms with van der Waals surface area (Å²) in [6.07, 6.45) is 7.61. The van der Waals surface area contributed by atoms with Crippen LogP contribution in [0.3, 0.4) is 0 Å². The maximum atomic E-state index is 11.8. The van der Waals surface area contributed by atoms with E-state index in [4.69, 9.17) is 4.74 Å². The summed E-state index contributed by atoms with van der Waals surface area (Å²) < 4.78 is 9.38. The van der Waals surface area contributed by atoms with Gasteiger partial charge < -0.3 is 19.7 Å². The molecule has 7 nitrogen and oxygen atoms in total. The normalized spacial score (nSPS) is 13.8. The van der Waals surface area contributed by atoms with Gasteiger partial charge in [0.2, 0.25) is 0 Å². The van der Waals surface area contributed by atoms with Gasteiger partial charge in [-0.1, -0.05) is 12.1 Å². The summed E-state index contributed by atoms with van der Waals surface area (Å²) >= 11 is 1.55. The van der Waals surface area contributed by atoms with Crippen molar-refractivity contribution in [1.82, 2.24) is 19.9 Å². The van der Waals surface area contributed by atoms with E-state index in [1.807, 2.05) is 24.3 Å². The third-order valence-electron chi connectivity index (χ3n) is 4.91. The Kier molecular flexibility index (Phi) is 8.53. The zero-order valence-corrected chi connectivity index (χ0v) is 18.0. The molecule has 2 amide bonds. The number of benzene rings is 1. The monoisotopic (exact) mass is 428 g/mol. The van der Waals surface area contributed by atoms with Crippen molar-refractivity contribution < 1.29 is 14.3 Å². The Hall–Kier alpha value is -2.58. The first-order chi connectivity index (χ1) is 14.7. The third-order valence-corrected chi connectivity index (χ3v) is 5.69. The van der Waals surface area contributed by atoms with Gasteiger partial charge in [0.1, 0.15) is 12.0 Å². The molecule has 1 aromatic carbocycles. The minimum absolute atomic E-state index is 0.0448. The summed E-state index contributed by atoms with van der Waals surface area (Å²) in [4.78, 5) is 29.5. The van der Waals surface area contributed by atoms with Crippen molar-refractivity contribution in [2.45, 2.75) is 49.8 Å². The molecule has 0 radical (unpaired) electrons. The summed E-state index contributed by atoms with van der Waals surface area (Å²) in [5.74, 6) is 0.923. The molecule has 0 saturated heterocycles. The number of hydrogen-bond donors (Lipinski definition) is 2. The molecular weight excluding hydrogens is 400 g/mol. The van der Waals surface area contributed by atoms with Crippen molar-refractivity contribution in [3.05, 3.63) is 53.9 Å². The van der Waals surface area contributed by atoms with Gasteiger partial charge in [0, 0.05) is 31.2 Å². The molecular formula is C22H28N4O3S. The van der Waals surface area contributed by atoms with E-state index in [1.165, 1.54) is 17.7 Å². The lowest BCUT2D eigenvalue weighted by molar-refractivity contribution is -0.108. The standard InChI is InChI=1S/C22H28N4O3S/c1-23-22(28)26(11-12-27)16-17-9-10-18(24-14-17)15-25-30-21-8-4-7-20(13-21)29-19-5-2-3-6-19/h4,7-10,12-14,19,25H,2-3,5-6,11,15-16H2,1H3,(H,23,28). The van der Waals surface area contributed by atoms with Gasteiger partial charge in [0.15, 0.2) is 0 Å². The quantitative estimate of drug-likeness (QED) is 0.445. The molecule has 160 valence electrons. The van der Waals surface area contributed by atoms with Crippen molar-refractivity contribution in [2.24, 2.45) is 0 Å². The maximum absolute atomic E-state index is 11.8. The van der Waals surface area contributed by atoms with Crippen molar-refractivity contribution in [3.63, 3.8) is 0 Å². The number of urea groups is 1. The van der Waals surface area contributed by atoms with Gasteiger partial charge in [0.05, 0.1) is 18.3 Å². The van der Waals surface area contributed by atoms with E-state index in [-0.39, 0.29) is 12.6 Å². The molecule has 0 spiro atoms. The predicted molar refractivity (Wildman–Crippen MR) is 117 cm³/mol. The fourth-order valence-corrected chi connectivity index (χ4v) is 4.05. The van der Waals surface area contributed by atoms with Crippen LogP contribution in [-0.4, -0.2) is 41.9 Å². The molecule has 0 atom stereocenters. The second kappa shape index (κ2) is 11.6. The Labute approximate surface area is 181 Å². The van der Waals surface area contributed by atoms with Crippen molar-refractivity contribution in [1.29, 1.82) is 0 Å². The number of nitrogens with zero attached hydrogens (tertiary/aromatic N) is 2. The fraction of sp³-hybridized carbons (Fsp3) is 0.409. The van der Waals surface area contributed by atoms with Crippen LogP contribution in [0.15, 0.2) is 47.5 Å². The van der Waals surface area contributed by atoms with E-state index >= 15 is 0 Å². The van der Waals surface area contributed by atoms with Crippen molar-refractivity contribution in [2.75, 3.05) is 13.6 Å². The number of aldehydes is 1. The molecule has 0 bridgehead atoms. The third kappa shape index (κ3) is 6.74. The zero-order chi connectivity index (χ0) is 21.2. The summed E-state index contributed by atoms with van der Waals surface area (Å²) in [6, 6.07) is 11.7. The van der Waals surface area contributed by atoms with Crippen LogP contribution in [0.25, 0.3) is 0 Å². The molecule has 0 unspecified atom stereocenters. The highest BCUT2D eigenvalue weighted by molar-refractivity contribution is 7.97. The number of amides is 2. The topological polar surface area (TPSA) is 83.6 Å². The molecule has 2 aromatic rings. The summed E-state index contributed by atoms with van der Waals surface area (Å²) in [6.45, 7) is 0.983. The van der Waals surface area contributed by atoms with Gasteiger partial charge in [0.25, 0.3) is 0 Å². The Morgan fingerprint density at radius 2 is 2.13 bits per heavy atom. The molecule has 3 rings (SSSR count). The number of aromatic nitrogens is 1. The number of rotatable bonds is 10. The number of hydrogen-bond acceptors (Lipinski definition) is 6. The highest BCUT2D eigenvalue weighted by Crippen LogP contribution is 2.26. The first kappa shape index (κ1) is 22.1. The number of pyridine rings is 1. The molecule has 1 saturated carbocycles. The number of ether oxygens (including phenoxy) is 1. The van der Waals surface area contributed by atoms with E-state index in [9.17, 15) is 9.59 Å². The second-order valence-electron chi connectivity index (χ2n) is 7.18. The largest absolute Gasteiger partial charge is 0.490 e. The Morgan fingerprint density at radius 1 is 1.30 bits per heavy atom. The molecule has 1 aromatic heterocycles. The SMILES string of the molecule is CNC(=O)N(CC=O)Cc1ccc(CNSc2cccc(OC3CCCC3)c2)nc1. The predicted octanol–water partition coefficient (Wildman–Crippen LogP) is 3.54.